The van der Waals surface area contributed by atoms with E-state index in [0.717, 1.165) is 29.3 Å². The van der Waals surface area contributed by atoms with E-state index in [-0.39, 0.29) is 11.0 Å². The van der Waals surface area contributed by atoms with Crippen molar-refractivity contribution in [3.05, 3.63) is 28.8 Å². The van der Waals surface area contributed by atoms with Gasteiger partial charge in [-0.25, -0.2) is 0 Å². The Balaban J connectivity index is 2.79. The molecule has 0 atom stereocenters. The number of halogens is 1. The molecular weight excluding hydrogens is 258 g/mol. The highest BCUT2D eigenvalue weighted by Gasteiger charge is 2.23. The first-order chi connectivity index (χ1) is 8.63. The summed E-state index contributed by atoms with van der Waals surface area (Å²) in [5, 5.41) is 4.32. The van der Waals surface area contributed by atoms with E-state index in [4.69, 9.17) is 16.3 Å². The zero-order valence-corrected chi connectivity index (χ0v) is 13.7. The second kappa shape index (κ2) is 6.15. The summed E-state index contributed by atoms with van der Waals surface area (Å²) in [6.45, 7) is 12.0. The summed E-state index contributed by atoms with van der Waals surface area (Å²) >= 11 is 6.08. The van der Waals surface area contributed by atoms with Gasteiger partial charge in [-0.15, -0.1) is 0 Å². The van der Waals surface area contributed by atoms with Gasteiger partial charge in [-0.05, 0) is 56.4 Å². The lowest BCUT2D eigenvalue weighted by molar-refractivity contribution is 0.285. The third kappa shape index (κ3) is 5.84. The molecule has 0 unspecified atom stereocenters. The minimum atomic E-state index is 0.135. The van der Waals surface area contributed by atoms with Crippen molar-refractivity contribution in [1.82, 2.24) is 5.32 Å². The topological polar surface area (TPSA) is 21.3 Å². The molecule has 0 spiro atoms. The van der Waals surface area contributed by atoms with E-state index in [2.05, 4.69) is 39.9 Å². The van der Waals surface area contributed by atoms with Gasteiger partial charge in [-0.2, -0.15) is 0 Å². The minimum absolute atomic E-state index is 0.135. The predicted octanol–water partition coefficient (Wildman–Crippen LogP) is 4.31. The number of nitrogens with one attached hydrogen (secondary N) is 1. The summed E-state index contributed by atoms with van der Waals surface area (Å²) in [5.74, 6) is 0.910. The van der Waals surface area contributed by atoms with Gasteiger partial charge in [0.25, 0.3) is 0 Å². The minimum Gasteiger partial charge on any atom is -0.496 e. The van der Waals surface area contributed by atoms with Crippen molar-refractivity contribution in [2.75, 3.05) is 13.7 Å². The maximum Gasteiger partial charge on any atom is 0.122 e. The molecule has 0 saturated carbocycles. The predicted molar refractivity (Wildman–Crippen MR) is 83.2 cm³/mol. The molecule has 1 aromatic carbocycles. The fraction of sp³-hybridized carbons (Fsp3) is 0.625. The van der Waals surface area contributed by atoms with Gasteiger partial charge in [0, 0.05) is 17.1 Å². The van der Waals surface area contributed by atoms with Crippen molar-refractivity contribution in [1.29, 1.82) is 0 Å². The monoisotopic (exact) mass is 283 g/mol. The molecule has 1 aromatic rings. The Morgan fingerprint density at radius 1 is 1.16 bits per heavy atom. The van der Waals surface area contributed by atoms with Gasteiger partial charge in [0.2, 0.25) is 0 Å². The summed E-state index contributed by atoms with van der Waals surface area (Å²) in [7, 11) is 1.70. The van der Waals surface area contributed by atoms with Crippen LogP contribution in [0.4, 0.5) is 0 Å². The van der Waals surface area contributed by atoms with Gasteiger partial charge in [-0.3, -0.25) is 0 Å². The molecule has 0 aliphatic rings. The smallest absolute Gasteiger partial charge is 0.122 e. The maximum absolute atomic E-state index is 6.08. The Morgan fingerprint density at radius 3 is 2.32 bits per heavy atom. The van der Waals surface area contributed by atoms with Crippen LogP contribution in [0.25, 0.3) is 0 Å². The zero-order valence-electron chi connectivity index (χ0n) is 12.9. The van der Waals surface area contributed by atoms with Crippen molar-refractivity contribution >= 4 is 11.6 Å². The summed E-state index contributed by atoms with van der Waals surface area (Å²) in [6.07, 6.45) is 0.930. The molecule has 0 aliphatic heterocycles. The molecule has 108 valence electrons. The van der Waals surface area contributed by atoms with Crippen LogP contribution >= 0.6 is 11.6 Å². The van der Waals surface area contributed by atoms with Crippen LogP contribution in [-0.2, 0) is 6.42 Å². The zero-order chi connectivity index (χ0) is 14.7. The first-order valence-corrected chi connectivity index (χ1v) is 7.08. The third-order valence-corrected chi connectivity index (χ3v) is 3.24. The molecule has 0 aliphatic carbocycles. The van der Waals surface area contributed by atoms with Crippen molar-refractivity contribution in [3.63, 3.8) is 0 Å². The Hall–Kier alpha value is -0.730. The second-order valence-electron chi connectivity index (χ2n) is 6.90. The van der Waals surface area contributed by atoms with Gasteiger partial charge in [-0.1, -0.05) is 25.4 Å². The van der Waals surface area contributed by atoms with Crippen LogP contribution < -0.4 is 10.1 Å². The van der Waals surface area contributed by atoms with Crippen molar-refractivity contribution in [3.8, 4) is 5.75 Å². The van der Waals surface area contributed by atoms with Crippen molar-refractivity contribution < 1.29 is 4.74 Å². The lowest BCUT2D eigenvalue weighted by Crippen LogP contribution is -2.42. The summed E-state index contributed by atoms with van der Waals surface area (Å²) < 4.78 is 5.41. The second-order valence-corrected chi connectivity index (χ2v) is 7.34. The SMILES string of the molecule is COc1ccc(Cl)cc1CC(C)(C)CNC(C)(C)C. The molecule has 19 heavy (non-hydrogen) atoms. The van der Waals surface area contributed by atoms with E-state index in [1.54, 1.807) is 7.11 Å². The quantitative estimate of drug-likeness (QED) is 0.870. The van der Waals surface area contributed by atoms with Crippen LogP contribution in [0.1, 0.15) is 40.2 Å². The van der Waals surface area contributed by atoms with Crippen LogP contribution in [0, 0.1) is 5.41 Å². The molecule has 2 nitrogen and oxygen atoms in total. The average Bonchev–Trinajstić information content (AvgIpc) is 2.26. The number of hydrogen-bond donors (Lipinski definition) is 1. The first kappa shape index (κ1) is 16.3. The highest BCUT2D eigenvalue weighted by molar-refractivity contribution is 6.30. The number of methoxy groups -OCH3 is 1. The van der Waals surface area contributed by atoms with Gasteiger partial charge in [0.1, 0.15) is 5.75 Å². The summed E-state index contributed by atoms with van der Waals surface area (Å²) in [4.78, 5) is 0. The van der Waals surface area contributed by atoms with Crippen molar-refractivity contribution in [2.24, 2.45) is 5.41 Å². The molecule has 1 rings (SSSR count). The fourth-order valence-corrected chi connectivity index (χ4v) is 2.16. The van der Waals surface area contributed by atoms with E-state index in [0.29, 0.717) is 0 Å². The molecular formula is C16H26ClNO. The van der Waals surface area contributed by atoms with Gasteiger partial charge >= 0.3 is 0 Å². The van der Waals surface area contributed by atoms with Crippen LogP contribution in [0.5, 0.6) is 5.75 Å². The highest BCUT2D eigenvalue weighted by Crippen LogP contribution is 2.30. The van der Waals surface area contributed by atoms with Gasteiger partial charge in [0.05, 0.1) is 7.11 Å². The van der Waals surface area contributed by atoms with Crippen LogP contribution in [0.3, 0.4) is 0 Å². The standard InChI is InChI=1S/C16H26ClNO/c1-15(2,3)18-11-16(4,5)10-12-9-13(17)7-8-14(12)19-6/h7-9,18H,10-11H2,1-6H3. The lowest BCUT2D eigenvalue weighted by Gasteiger charge is -2.31. The maximum atomic E-state index is 6.08. The molecule has 0 heterocycles. The lowest BCUT2D eigenvalue weighted by atomic mass is 9.84. The molecule has 0 aromatic heterocycles. The molecule has 1 N–H and O–H groups in total. The molecule has 0 radical (unpaired) electrons. The number of rotatable bonds is 5. The Labute approximate surface area is 122 Å². The Kier molecular flexibility index (Phi) is 5.28. The molecule has 0 saturated heterocycles. The van der Waals surface area contributed by atoms with E-state index in [1.165, 1.54) is 0 Å². The molecule has 0 amide bonds. The molecule has 3 heteroatoms. The van der Waals surface area contributed by atoms with Gasteiger partial charge < -0.3 is 10.1 Å². The largest absolute Gasteiger partial charge is 0.496 e. The Morgan fingerprint density at radius 2 is 1.79 bits per heavy atom. The fourth-order valence-electron chi connectivity index (χ4n) is 1.97. The van der Waals surface area contributed by atoms with Crippen LogP contribution in [-0.4, -0.2) is 19.2 Å². The number of benzene rings is 1. The van der Waals surface area contributed by atoms with E-state index >= 15 is 0 Å². The van der Waals surface area contributed by atoms with E-state index in [1.807, 2.05) is 18.2 Å². The first-order valence-electron chi connectivity index (χ1n) is 6.70. The number of ether oxygens (including phenoxy) is 1. The van der Waals surface area contributed by atoms with Crippen LogP contribution in [0.2, 0.25) is 5.02 Å². The average molecular weight is 284 g/mol. The molecule has 0 bridgehead atoms. The molecule has 0 fully saturated rings. The van der Waals surface area contributed by atoms with Gasteiger partial charge in [0.15, 0.2) is 0 Å². The summed E-state index contributed by atoms with van der Waals surface area (Å²) in [5.41, 5.74) is 1.44. The van der Waals surface area contributed by atoms with E-state index in [9.17, 15) is 0 Å². The van der Waals surface area contributed by atoms with Crippen LogP contribution in [0.15, 0.2) is 18.2 Å². The highest BCUT2D eigenvalue weighted by atomic mass is 35.5. The summed E-state index contributed by atoms with van der Waals surface area (Å²) in [6, 6.07) is 5.80. The van der Waals surface area contributed by atoms with Crippen molar-refractivity contribution in [2.45, 2.75) is 46.6 Å². The Bertz CT molecular complexity index is 421. The number of hydrogen-bond acceptors (Lipinski definition) is 2. The third-order valence-electron chi connectivity index (χ3n) is 3.01. The normalized spacial score (nSPS) is 12.6. The van der Waals surface area contributed by atoms with E-state index < -0.39 is 0 Å².